The molecule has 2 aromatic rings. The summed E-state index contributed by atoms with van der Waals surface area (Å²) in [6, 6.07) is -1.39. The van der Waals surface area contributed by atoms with Gasteiger partial charge < -0.3 is 15.3 Å². The van der Waals surface area contributed by atoms with E-state index in [0.717, 1.165) is 48.5 Å². The fraction of sp³-hybridized carbons (Fsp3) is 0.680. The Morgan fingerprint density at radius 2 is 2.00 bits per heavy atom. The highest BCUT2D eigenvalue weighted by atomic mass is 16.3. The maximum absolute atomic E-state index is 13.9. The van der Waals surface area contributed by atoms with Crippen LogP contribution in [-0.2, 0) is 22.4 Å². The number of nitrogens with zero attached hydrogens (tertiary/aromatic N) is 6. The van der Waals surface area contributed by atoms with Gasteiger partial charge in [-0.1, -0.05) is 26.0 Å². The lowest BCUT2D eigenvalue weighted by atomic mass is 9.85. The van der Waals surface area contributed by atoms with Crippen molar-refractivity contribution in [3.63, 3.8) is 0 Å². The van der Waals surface area contributed by atoms with Crippen molar-refractivity contribution in [2.24, 2.45) is 5.41 Å². The number of hydrogen-bond acceptors (Lipinski definition) is 7. The molecule has 4 atom stereocenters. The predicted octanol–water partition coefficient (Wildman–Crippen LogP) is 1.48. The minimum absolute atomic E-state index is 0.0502. The van der Waals surface area contributed by atoms with Gasteiger partial charge >= 0.3 is 0 Å². The number of carbonyl (C=O) groups excluding carboxylic acids is 2. The van der Waals surface area contributed by atoms with Gasteiger partial charge in [-0.2, -0.15) is 0 Å². The molecule has 1 unspecified atom stereocenters. The largest absolute Gasteiger partial charge is 0.391 e. The van der Waals surface area contributed by atoms with Gasteiger partial charge in [0.1, 0.15) is 17.9 Å². The van der Waals surface area contributed by atoms with E-state index in [0.29, 0.717) is 12.3 Å². The minimum Gasteiger partial charge on any atom is -0.391 e. The van der Waals surface area contributed by atoms with Crippen LogP contribution in [0.15, 0.2) is 12.4 Å². The van der Waals surface area contributed by atoms with Crippen LogP contribution >= 0.6 is 0 Å². The van der Waals surface area contributed by atoms with Crippen molar-refractivity contribution in [3.05, 3.63) is 35.2 Å². The molecule has 2 fully saturated rings. The molecule has 0 radical (unpaired) electrons. The number of likely N-dealkylation sites (tertiary alicyclic amines) is 1. The standard InChI is InChI=1S/C25H35N7O3/c1-14-26-11-16-9-17(7-8-19(16)27-14)28-23(34)21-10-18(33)12-31(21)24(35)22(25(2,3)4)32-13-20(29-30-32)15-5-6-15/h11,13,15,17-18,21-22,33H,5-10,12H2,1-4H3,(H,28,34)/t17?,18-,21+,22-/m1/s1. The van der Waals surface area contributed by atoms with Crippen molar-refractivity contribution in [2.45, 2.75) is 96.4 Å². The summed E-state index contributed by atoms with van der Waals surface area (Å²) in [5, 5.41) is 22.2. The van der Waals surface area contributed by atoms with E-state index in [1.54, 1.807) is 4.68 Å². The van der Waals surface area contributed by atoms with Crippen LogP contribution in [0.4, 0.5) is 0 Å². The number of aliphatic hydroxyl groups is 1. The molecule has 0 aromatic carbocycles. The molecule has 3 aliphatic rings. The highest BCUT2D eigenvalue weighted by Gasteiger charge is 2.45. The number of β-amino-alcohol motifs (C(OH)–C–C–N with tert-alkyl or cyclic N) is 1. The summed E-state index contributed by atoms with van der Waals surface area (Å²) >= 11 is 0. The van der Waals surface area contributed by atoms with Gasteiger partial charge in [-0.25, -0.2) is 14.6 Å². The van der Waals surface area contributed by atoms with Crippen LogP contribution in [0.1, 0.15) is 81.2 Å². The van der Waals surface area contributed by atoms with Crippen molar-refractivity contribution in [3.8, 4) is 0 Å². The van der Waals surface area contributed by atoms with Gasteiger partial charge in [0, 0.05) is 43.0 Å². The second kappa shape index (κ2) is 8.96. The molecule has 1 saturated carbocycles. The first-order chi connectivity index (χ1) is 16.6. The van der Waals surface area contributed by atoms with Crippen LogP contribution in [0.2, 0.25) is 0 Å². The number of amides is 2. The minimum atomic E-state index is -0.739. The maximum atomic E-state index is 13.9. The Bertz CT molecular complexity index is 1120. The third-order valence-electron chi connectivity index (χ3n) is 7.32. The van der Waals surface area contributed by atoms with E-state index in [1.807, 2.05) is 40.1 Å². The zero-order valence-electron chi connectivity index (χ0n) is 20.9. The fourth-order valence-corrected chi connectivity index (χ4v) is 5.35. The zero-order chi connectivity index (χ0) is 24.9. The Morgan fingerprint density at radius 3 is 2.71 bits per heavy atom. The summed E-state index contributed by atoms with van der Waals surface area (Å²) in [6.45, 7) is 7.97. The molecular formula is C25H35N7O3. The van der Waals surface area contributed by atoms with E-state index < -0.39 is 23.6 Å². The van der Waals surface area contributed by atoms with E-state index in [1.165, 1.54) is 4.90 Å². The molecule has 35 heavy (non-hydrogen) atoms. The fourth-order valence-electron chi connectivity index (χ4n) is 5.35. The number of carbonyl (C=O) groups is 2. The summed E-state index contributed by atoms with van der Waals surface area (Å²) in [5.74, 6) is 0.757. The molecule has 2 aromatic heterocycles. The van der Waals surface area contributed by atoms with Crippen molar-refractivity contribution in [1.29, 1.82) is 0 Å². The van der Waals surface area contributed by atoms with Gasteiger partial charge in [0.05, 0.1) is 11.8 Å². The third kappa shape index (κ3) is 4.94. The van der Waals surface area contributed by atoms with Crippen molar-refractivity contribution in [2.75, 3.05) is 6.54 Å². The summed E-state index contributed by atoms with van der Waals surface area (Å²) in [6.07, 6.45) is 7.63. The molecule has 10 heteroatoms. The molecule has 0 bridgehead atoms. The quantitative estimate of drug-likeness (QED) is 0.662. The van der Waals surface area contributed by atoms with E-state index >= 15 is 0 Å². The van der Waals surface area contributed by atoms with Crippen LogP contribution in [0.5, 0.6) is 0 Å². The molecule has 1 saturated heterocycles. The predicted molar refractivity (Wildman–Crippen MR) is 127 cm³/mol. The Balaban J connectivity index is 1.32. The number of fused-ring (bicyclic) bond motifs is 1. The highest BCUT2D eigenvalue weighted by molar-refractivity contribution is 5.90. The van der Waals surface area contributed by atoms with Crippen LogP contribution in [0.3, 0.4) is 0 Å². The summed E-state index contributed by atoms with van der Waals surface area (Å²) in [5.41, 5.74) is 2.56. The van der Waals surface area contributed by atoms with Gasteiger partial charge in [0.15, 0.2) is 0 Å². The summed E-state index contributed by atoms with van der Waals surface area (Å²) in [7, 11) is 0. The topological polar surface area (TPSA) is 126 Å². The Kier molecular flexibility index (Phi) is 6.11. The van der Waals surface area contributed by atoms with E-state index in [4.69, 9.17) is 0 Å². The molecule has 1 aliphatic heterocycles. The van der Waals surface area contributed by atoms with Gasteiger partial charge in [0.25, 0.3) is 0 Å². The van der Waals surface area contributed by atoms with Crippen molar-refractivity contribution in [1.82, 2.24) is 35.2 Å². The lowest BCUT2D eigenvalue weighted by Gasteiger charge is -2.35. The number of aliphatic hydroxyl groups excluding tert-OH is 1. The highest BCUT2D eigenvalue weighted by Crippen LogP contribution is 2.40. The average molecular weight is 482 g/mol. The maximum Gasteiger partial charge on any atom is 0.248 e. The Hall–Kier alpha value is -2.88. The molecule has 2 aliphatic carbocycles. The van der Waals surface area contributed by atoms with E-state index in [2.05, 4.69) is 25.6 Å². The Morgan fingerprint density at radius 1 is 1.23 bits per heavy atom. The molecular weight excluding hydrogens is 446 g/mol. The van der Waals surface area contributed by atoms with Crippen molar-refractivity contribution >= 4 is 11.8 Å². The first-order valence-electron chi connectivity index (χ1n) is 12.6. The first kappa shape index (κ1) is 23.8. The van der Waals surface area contributed by atoms with Gasteiger partial charge in [-0.15, -0.1) is 5.10 Å². The number of aromatic nitrogens is 5. The lowest BCUT2D eigenvalue weighted by molar-refractivity contribution is -0.144. The van der Waals surface area contributed by atoms with Gasteiger partial charge in [-0.3, -0.25) is 9.59 Å². The second-order valence-electron chi connectivity index (χ2n) is 11.4. The van der Waals surface area contributed by atoms with Gasteiger partial charge in [0.2, 0.25) is 11.8 Å². The van der Waals surface area contributed by atoms with Crippen LogP contribution in [0, 0.1) is 12.3 Å². The third-order valence-corrected chi connectivity index (χ3v) is 7.32. The van der Waals surface area contributed by atoms with E-state index in [9.17, 15) is 14.7 Å². The number of hydrogen-bond donors (Lipinski definition) is 2. The number of rotatable bonds is 5. The first-order valence-corrected chi connectivity index (χ1v) is 12.6. The van der Waals surface area contributed by atoms with Gasteiger partial charge in [-0.05, 0) is 50.0 Å². The van der Waals surface area contributed by atoms with Crippen LogP contribution < -0.4 is 5.32 Å². The molecule has 3 heterocycles. The Labute approximate surface area is 205 Å². The van der Waals surface area contributed by atoms with E-state index in [-0.39, 0.29) is 30.8 Å². The molecule has 2 amide bonds. The van der Waals surface area contributed by atoms with Crippen LogP contribution in [-0.4, -0.2) is 71.5 Å². The zero-order valence-corrected chi connectivity index (χ0v) is 20.9. The monoisotopic (exact) mass is 481 g/mol. The lowest BCUT2D eigenvalue weighted by Crippen LogP contribution is -2.52. The normalized spacial score (nSPS) is 25.3. The molecule has 5 rings (SSSR count). The second-order valence-corrected chi connectivity index (χ2v) is 11.4. The molecule has 0 spiro atoms. The molecule has 2 N–H and O–H groups in total. The van der Waals surface area contributed by atoms with Crippen LogP contribution in [0.25, 0.3) is 0 Å². The molecule has 188 valence electrons. The number of nitrogens with one attached hydrogen (secondary N) is 1. The summed E-state index contributed by atoms with van der Waals surface area (Å²) < 4.78 is 1.65. The summed E-state index contributed by atoms with van der Waals surface area (Å²) in [4.78, 5) is 37.6. The molecule has 10 nitrogen and oxygen atoms in total. The smallest absolute Gasteiger partial charge is 0.248 e. The average Bonchev–Trinajstić information content (AvgIpc) is 3.40. The van der Waals surface area contributed by atoms with Crippen molar-refractivity contribution < 1.29 is 14.7 Å². The number of aryl methyl sites for hydroxylation is 2. The SMILES string of the molecule is Cc1ncc2c(n1)CCC(NC(=O)[C@@H]1C[C@@H](O)CN1C(=O)[C@@H](n1cc(C3CC3)nn1)C(C)(C)C)C2.